The number of rotatable bonds is 3. The van der Waals surface area contributed by atoms with Crippen molar-refractivity contribution in [3.05, 3.63) is 71.7 Å². The summed E-state index contributed by atoms with van der Waals surface area (Å²) >= 11 is 0. The Hall–Kier alpha value is -3.15. The molecule has 6 heteroatoms. The molecule has 3 aromatic rings. The lowest BCUT2D eigenvalue weighted by atomic mass is 10.0. The van der Waals surface area contributed by atoms with Gasteiger partial charge in [-0.1, -0.05) is 6.07 Å². The third kappa shape index (κ3) is 3.06. The zero-order chi connectivity index (χ0) is 18.1. The van der Waals surface area contributed by atoms with Crippen molar-refractivity contribution in [1.29, 1.82) is 0 Å². The minimum absolute atomic E-state index is 0.0490. The predicted octanol–water partition coefficient (Wildman–Crippen LogP) is 2.53. The van der Waals surface area contributed by atoms with Crippen LogP contribution in [-0.4, -0.2) is 46.2 Å². The Balaban J connectivity index is 1.58. The predicted molar refractivity (Wildman–Crippen MR) is 101 cm³/mol. The summed E-state index contributed by atoms with van der Waals surface area (Å²) in [5.41, 5.74) is 3.75. The lowest BCUT2D eigenvalue weighted by molar-refractivity contribution is 0.0733. The van der Waals surface area contributed by atoms with E-state index in [1.807, 2.05) is 83.3 Å². The number of carbonyl (C=O) groups excluding carboxylic acids is 1. The smallest absolute Gasteiger partial charge is 0.254 e. The van der Waals surface area contributed by atoms with Crippen LogP contribution in [0.25, 0.3) is 5.69 Å². The van der Waals surface area contributed by atoms with E-state index in [4.69, 9.17) is 0 Å². The monoisotopic (exact) mass is 347 g/mol. The van der Waals surface area contributed by atoms with Crippen molar-refractivity contribution in [3.8, 4) is 5.69 Å². The number of benzene rings is 1. The van der Waals surface area contributed by atoms with E-state index in [1.54, 1.807) is 0 Å². The average molecular weight is 347 g/mol. The first-order chi connectivity index (χ1) is 12.6. The molecule has 0 unspecified atom stereocenters. The van der Waals surface area contributed by atoms with Gasteiger partial charge in [-0.05, 0) is 42.0 Å². The van der Waals surface area contributed by atoms with Gasteiger partial charge in [-0.3, -0.25) is 4.79 Å². The van der Waals surface area contributed by atoms with Crippen LogP contribution in [0.1, 0.15) is 21.6 Å². The van der Waals surface area contributed by atoms with E-state index >= 15 is 0 Å². The summed E-state index contributed by atoms with van der Waals surface area (Å²) in [6.45, 7) is 1.23. The van der Waals surface area contributed by atoms with Crippen molar-refractivity contribution in [2.24, 2.45) is 0 Å². The molecular weight excluding hydrogens is 326 g/mol. The minimum Gasteiger partial charge on any atom is -0.361 e. The Labute approximate surface area is 152 Å². The van der Waals surface area contributed by atoms with Gasteiger partial charge in [-0.15, -0.1) is 5.10 Å². The summed E-state index contributed by atoms with van der Waals surface area (Å²) < 4.78 is 2.00. The average Bonchev–Trinajstić information content (AvgIpc) is 3.21. The third-order valence-corrected chi connectivity index (χ3v) is 4.67. The second kappa shape index (κ2) is 6.63. The molecule has 4 rings (SSSR count). The fourth-order valence-corrected chi connectivity index (χ4v) is 3.20. The number of hydrogen-bond donors (Lipinski definition) is 0. The van der Waals surface area contributed by atoms with Gasteiger partial charge in [0, 0.05) is 57.3 Å². The Morgan fingerprint density at radius 2 is 1.88 bits per heavy atom. The highest BCUT2D eigenvalue weighted by atomic mass is 16.2. The van der Waals surface area contributed by atoms with Crippen LogP contribution in [0.15, 0.2) is 54.9 Å². The van der Waals surface area contributed by atoms with E-state index in [-0.39, 0.29) is 5.91 Å². The van der Waals surface area contributed by atoms with Crippen molar-refractivity contribution in [2.45, 2.75) is 13.0 Å². The maximum Gasteiger partial charge on any atom is 0.254 e. The second-order valence-corrected chi connectivity index (χ2v) is 6.69. The number of amides is 1. The highest BCUT2D eigenvalue weighted by molar-refractivity contribution is 5.94. The van der Waals surface area contributed by atoms with Gasteiger partial charge in [0.05, 0.1) is 5.69 Å². The molecular formula is C20H21N5O. The van der Waals surface area contributed by atoms with Crippen LogP contribution in [0.3, 0.4) is 0 Å². The normalized spacial score (nSPS) is 13.4. The molecule has 0 fully saturated rings. The Morgan fingerprint density at radius 3 is 2.65 bits per heavy atom. The Bertz CT molecular complexity index is 933. The van der Waals surface area contributed by atoms with Gasteiger partial charge in [-0.2, -0.15) is 5.10 Å². The molecule has 0 N–H and O–H groups in total. The number of fused-ring (bicyclic) bond motifs is 1. The summed E-state index contributed by atoms with van der Waals surface area (Å²) in [5.74, 6) is 0.862. The van der Waals surface area contributed by atoms with Crippen molar-refractivity contribution >= 4 is 11.7 Å². The third-order valence-electron chi connectivity index (χ3n) is 4.67. The van der Waals surface area contributed by atoms with Crippen LogP contribution >= 0.6 is 0 Å². The zero-order valence-corrected chi connectivity index (χ0v) is 15.0. The standard InChI is InChI=1S/C20H21N5O/c1-23(2)19-13-16-14-25(11-8-18(16)21-22-19)20(26)15-6-5-7-17(12-15)24-9-3-4-10-24/h3-7,9-10,12-13H,8,11,14H2,1-2H3. The fraction of sp³-hybridized carbons (Fsp3) is 0.250. The van der Waals surface area contributed by atoms with Gasteiger partial charge in [-0.25, -0.2) is 0 Å². The van der Waals surface area contributed by atoms with Crippen molar-refractivity contribution in [3.63, 3.8) is 0 Å². The molecule has 2 aromatic heterocycles. The molecule has 132 valence electrons. The maximum atomic E-state index is 13.0. The van der Waals surface area contributed by atoms with Gasteiger partial charge in [0.15, 0.2) is 5.82 Å². The summed E-state index contributed by atoms with van der Waals surface area (Å²) in [6, 6.07) is 13.7. The molecule has 26 heavy (non-hydrogen) atoms. The number of anilines is 1. The lowest BCUT2D eigenvalue weighted by Crippen LogP contribution is -2.36. The highest BCUT2D eigenvalue weighted by Gasteiger charge is 2.23. The molecule has 3 heterocycles. The molecule has 1 aromatic carbocycles. The summed E-state index contributed by atoms with van der Waals surface area (Å²) in [4.78, 5) is 16.8. The summed E-state index contributed by atoms with van der Waals surface area (Å²) in [5, 5.41) is 8.55. The topological polar surface area (TPSA) is 54.3 Å². The highest BCUT2D eigenvalue weighted by Crippen LogP contribution is 2.22. The Morgan fingerprint density at radius 1 is 1.08 bits per heavy atom. The molecule has 6 nitrogen and oxygen atoms in total. The molecule has 0 saturated heterocycles. The number of nitrogens with zero attached hydrogens (tertiary/aromatic N) is 5. The molecule has 0 atom stereocenters. The van der Waals surface area contributed by atoms with Crippen LogP contribution in [-0.2, 0) is 13.0 Å². The quantitative estimate of drug-likeness (QED) is 0.731. The van der Waals surface area contributed by atoms with Gasteiger partial charge in [0.1, 0.15) is 0 Å². The van der Waals surface area contributed by atoms with Crippen LogP contribution in [0.5, 0.6) is 0 Å². The fourth-order valence-electron chi connectivity index (χ4n) is 3.20. The van der Waals surface area contributed by atoms with Gasteiger partial charge < -0.3 is 14.4 Å². The van der Waals surface area contributed by atoms with E-state index in [2.05, 4.69) is 10.2 Å². The lowest BCUT2D eigenvalue weighted by Gasteiger charge is -2.28. The summed E-state index contributed by atoms with van der Waals surface area (Å²) in [7, 11) is 3.88. The molecule has 0 aliphatic carbocycles. The minimum atomic E-state index is 0.0490. The van der Waals surface area contributed by atoms with Crippen molar-refractivity contribution in [2.75, 3.05) is 25.5 Å². The second-order valence-electron chi connectivity index (χ2n) is 6.69. The first-order valence-corrected chi connectivity index (χ1v) is 8.67. The van der Waals surface area contributed by atoms with Crippen LogP contribution in [0.2, 0.25) is 0 Å². The first-order valence-electron chi connectivity index (χ1n) is 8.67. The van der Waals surface area contributed by atoms with E-state index in [9.17, 15) is 4.79 Å². The van der Waals surface area contributed by atoms with Crippen molar-refractivity contribution < 1.29 is 4.79 Å². The maximum absolute atomic E-state index is 13.0. The first kappa shape index (κ1) is 16.3. The number of aromatic nitrogens is 3. The number of carbonyl (C=O) groups is 1. The van der Waals surface area contributed by atoms with Crippen LogP contribution < -0.4 is 4.90 Å². The van der Waals surface area contributed by atoms with Gasteiger partial charge in [0.2, 0.25) is 0 Å². The Kier molecular flexibility index (Phi) is 4.16. The molecule has 1 aliphatic heterocycles. The van der Waals surface area contributed by atoms with E-state index < -0.39 is 0 Å². The number of hydrogen-bond acceptors (Lipinski definition) is 4. The van der Waals surface area contributed by atoms with Crippen LogP contribution in [0, 0.1) is 0 Å². The van der Waals surface area contributed by atoms with Crippen LogP contribution in [0.4, 0.5) is 5.82 Å². The molecule has 0 radical (unpaired) electrons. The molecule has 1 amide bonds. The summed E-state index contributed by atoms with van der Waals surface area (Å²) in [6.07, 6.45) is 4.68. The van der Waals surface area contributed by atoms with Crippen molar-refractivity contribution in [1.82, 2.24) is 19.7 Å². The zero-order valence-electron chi connectivity index (χ0n) is 15.0. The molecule has 0 spiro atoms. The largest absolute Gasteiger partial charge is 0.361 e. The molecule has 1 aliphatic rings. The van der Waals surface area contributed by atoms with E-state index in [0.29, 0.717) is 18.7 Å². The van der Waals surface area contributed by atoms with Gasteiger partial charge >= 0.3 is 0 Å². The van der Waals surface area contributed by atoms with E-state index in [0.717, 1.165) is 29.2 Å². The van der Waals surface area contributed by atoms with E-state index in [1.165, 1.54) is 0 Å². The SMILES string of the molecule is CN(C)c1cc2c(nn1)CCN(C(=O)c1cccc(-n3cccc3)c1)C2. The molecule has 0 saturated carbocycles. The molecule has 0 bridgehead atoms. The van der Waals surface area contributed by atoms with Gasteiger partial charge in [0.25, 0.3) is 5.91 Å².